The van der Waals surface area contributed by atoms with Gasteiger partial charge < -0.3 is 14.2 Å². The highest BCUT2D eigenvalue weighted by Crippen LogP contribution is 2.48. The number of nitrogens with zero attached hydrogens (tertiary/aromatic N) is 2. The molecule has 2 heterocycles. The van der Waals surface area contributed by atoms with Gasteiger partial charge in [-0.05, 0) is 58.8 Å². The van der Waals surface area contributed by atoms with Crippen LogP contribution in [0.3, 0.4) is 0 Å². The van der Waals surface area contributed by atoms with E-state index >= 15 is 0 Å². The van der Waals surface area contributed by atoms with Crippen LogP contribution in [0.15, 0.2) is 10.5 Å². The van der Waals surface area contributed by atoms with Crippen molar-refractivity contribution in [1.82, 2.24) is 4.57 Å². The summed E-state index contributed by atoms with van der Waals surface area (Å²) in [4.78, 5) is 14.2. The summed E-state index contributed by atoms with van der Waals surface area (Å²) >= 11 is 3.78. The fourth-order valence-electron chi connectivity index (χ4n) is 3.85. The Balaban J connectivity index is 2.01. The molecule has 1 aliphatic heterocycles. The van der Waals surface area contributed by atoms with E-state index in [0.29, 0.717) is 6.42 Å². The number of esters is 1. The van der Waals surface area contributed by atoms with Crippen LogP contribution in [0.4, 0.5) is 5.69 Å². The summed E-state index contributed by atoms with van der Waals surface area (Å²) < 4.78 is 8.44. The number of rotatable bonds is 3. The summed E-state index contributed by atoms with van der Waals surface area (Å²) in [5.41, 5.74) is 6.27. The van der Waals surface area contributed by atoms with Crippen LogP contribution < -0.4 is 4.90 Å². The number of hydrogen-bond acceptors (Lipinski definition) is 3. The highest BCUT2D eigenvalue weighted by atomic mass is 79.9. The first-order valence-electron chi connectivity index (χ1n) is 8.15. The molecule has 0 amide bonds. The minimum atomic E-state index is -0.194. The van der Waals surface area contributed by atoms with Gasteiger partial charge in [0, 0.05) is 35.7 Å². The Hall–Kier alpha value is -1.49. The maximum atomic E-state index is 11.8. The van der Waals surface area contributed by atoms with Crippen molar-refractivity contribution in [3.8, 4) is 0 Å². The Bertz CT molecular complexity index is 821. The average Bonchev–Trinajstić information content (AvgIpc) is 3.31. The number of carbonyl (C=O) groups is 1. The number of halogens is 1. The van der Waals surface area contributed by atoms with Crippen molar-refractivity contribution in [2.75, 3.05) is 25.6 Å². The second kappa shape index (κ2) is 5.26. The first-order valence-corrected chi connectivity index (χ1v) is 8.94. The number of benzene rings is 1. The lowest BCUT2D eigenvalue weighted by molar-refractivity contribution is -0.139. The largest absolute Gasteiger partial charge is 0.469 e. The Morgan fingerprint density at radius 1 is 1.39 bits per heavy atom. The predicted octanol–water partition coefficient (Wildman–Crippen LogP) is 3.75. The van der Waals surface area contributed by atoms with Crippen LogP contribution >= 0.6 is 15.9 Å². The van der Waals surface area contributed by atoms with E-state index in [1.807, 2.05) is 0 Å². The van der Waals surface area contributed by atoms with Crippen molar-refractivity contribution in [2.45, 2.75) is 38.6 Å². The number of hydrogen-bond donors (Lipinski definition) is 0. The van der Waals surface area contributed by atoms with E-state index in [0.717, 1.165) is 29.0 Å². The molecule has 0 unspecified atom stereocenters. The molecule has 0 spiro atoms. The average molecular weight is 377 g/mol. The Morgan fingerprint density at radius 3 is 2.78 bits per heavy atom. The van der Waals surface area contributed by atoms with Crippen molar-refractivity contribution in [3.05, 3.63) is 27.4 Å². The first kappa shape index (κ1) is 15.1. The van der Waals surface area contributed by atoms with E-state index in [1.54, 1.807) is 0 Å². The van der Waals surface area contributed by atoms with E-state index in [9.17, 15) is 4.79 Å². The maximum absolute atomic E-state index is 11.8. The van der Waals surface area contributed by atoms with Gasteiger partial charge in [-0.15, -0.1) is 0 Å². The number of methoxy groups -OCH3 is 1. The molecule has 4 rings (SSSR count). The van der Waals surface area contributed by atoms with Crippen molar-refractivity contribution in [2.24, 2.45) is 0 Å². The van der Waals surface area contributed by atoms with Gasteiger partial charge in [-0.25, -0.2) is 0 Å². The van der Waals surface area contributed by atoms with Gasteiger partial charge in [0.15, 0.2) is 0 Å². The van der Waals surface area contributed by atoms with Gasteiger partial charge in [-0.3, -0.25) is 4.79 Å². The van der Waals surface area contributed by atoms with Crippen LogP contribution in [0.5, 0.6) is 0 Å². The molecule has 0 radical (unpaired) electrons. The van der Waals surface area contributed by atoms with Crippen LogP contribution in [0, 0.1) is 6.92 Å². The second-order valence-corrected chi connectivity index (χ2v) is 7.49. The van der Waals surface area contributed by atoms with Gasteiger partial charge in [0.25, 0.3) is 0 Å². The van der Waals surface area contributed by atoms with Gasteiger partial charge >= 0.3 is 5.97 Å². The molecule has 1 saturated carbocycles. The van der Waals surface area contributed by atoms with Gasteiger partial charge in [0.1, 0.15) is 0 Å². The normalized spacial score (nSPS) is 17.0. The van der Waals surface area contributed by atoms with Gasteiger partial charge in [-0.1, -0.05) is 0 Å². The minimum Gasteiger partial charge on any atom is -0.469 e. The molecule has 0 atom stereocenters. The molecule has 1 aromatic carbocycles. The standard InChI is InChI=1S/C18H21BrN2O2/c1-10-12(9-15(22)23-3)16(19)13-8-14(11-4-5-11)21-7-6-20(2)17(10)18(13)21/h8,11H,4-7,9H2,1-3H3. The maximum Gasteiger partial charge on any atom is 0.310 e. The topological polar surface area (TPSA) is 34.5 Å². The summed E-state index contributed by atoms with van der Waals surface area (Å²) in [6.07, 6.45) is 2.91. The Morgan fingerprint density at radius 2 is 2.13 bits per heavy atom. The third kappa shape index (κ3) is 2.20. The first-order chi connectivity index (χ1) is 11.0. The van der Waals surface area contributed by atoms with Crippen molar-refractivity contribution >= 4 is 38.5 Å². The van der Waals surface area contributed by atoms with Crippen molar-refractivity contribution in [1.29, 1.82) is 0 Å². The zero-order chi connectivity index (χ0) is 16.3. The Labute approximate surface area is 144 Å². The molecule has 5 heteroatoms. The lowest BCUT2D eigenvalue weighted by Gasteiger charge is -2.31. The molecule has 122 valence electrons. The van der Waals surface area contributed by atoms with Crippen LogP contribution in [-0.4, -0.2) is 31.2 Å². The predicted molar refractivity (Wildman–Crippen MR) is 95.3 cm³/mol. The van der Waals surface area contributed by atoms with E-state index < -0.39 is 0 Å². The lowest BCUT2D eigenvalue weighted by atomic mass is 9.99. The van der Waals surface area contributed by atoms with Crippen molar-refractivity contribution < 1.29 is 9.53 Å². The summed E-state index contributed by atoms with van der Waals surface area (Å²) in [7, 11) is 3.59. The number of aromatic nitrogens is 1. The highest BCUT2D eigenvalue weighted by Gasteiger charge is 2.32. The molecule has 23 heavy (non-hydrogen) atoms. The molecule has 0 N–H and O–H groups in total. The van der Waals surface area contributed by atoms with Crippen LogP contribution in [0.1, 0.15) is 35.6 Å². The smallest absolute Gasteiger partial charge is 0.310 e. The molecule has 1 aromatic heterocycles. The molecular formula is C18H21BrN2O2. The van der Waals surface area contributed by atoms with Crippen molar-refractivity contribution in [3.63, 3.8) is 0 Å². The number of anilines is 1. The van der Waals surface area contributed by atoms with Gasteiger partial charge in [0.2, 0.25) is 0 Å². The van der Waals surface area contributed by atoms with Gasteiger partial charge in [-0.2, -0.15) is 0 Å². The second-order valence-electron chi connectivity index (χ2n) is 6.70. The quantitative estimate of drug-likeness (QED) is 0.764. The minimum absolute atomic E-state index is 0.194. The van der Waals surface area contributed by atoms with E-state index in [2.05, 4.69) is 45.4 Å². The summed E-state index contributed by atoms with van der Waals surface area (Å²) in [6.45, 7) is 4.17. The van der Waals surface area contributed by atoms with Crippen LogP contribution in [0.2, 0.25) is 0 Å². The third-order valence-corrected chi connectivity index (χ3v) is 6.15. The molecule has 0 saturated heterocycles. The molecular weight excluding hydrogens is 356 g/mol. The fraction of sp³-hybridized carbons (Fsp3) is 0.500. The number of likely N-dealkylation sites (N-methyl/N-ethyl adjacent to an activating group) is 1. The summed E-state index contributed by atoms with van der Waals surface area (Å²) in [6, 6.07) is 2.33. The SMILES string of the molecule is COC(=O)Cc1c(C)c2c3c(cc(C4CC4)n3CCN2C)c1Br. The number of carbonyl (C=O) groups excluding carboxylic acids is 1. The zero-order valence-corrected chi connectivity index (χ0v) is 15.4. The molecule has 2 aromatic rings. The van der Waals surface area contributed by atoms with Gasteiger partial charge in [0.05, 0.1) is 24.7 Å². The summed E-state index contributed by atoms with van der Waals surface area (Å²) in [5.74, 6) is 0.524. The molecule has 2 aliphatic rings. The lowest BCUT2D eigenvalue weighted by Crippen LogP contribution is -2.29. The summed E-state index contributed by atoms with van der Waals surface area (Å²) in [5, 5.41) is 1.23. The molecule has 0 bridgehead atoms. The van der Waals surface area contributed by atoms with Crippen LogP contribution in [-0.2, 0) is 22.5 Å². The van der Waals surface area contributed by atoms with Crippen LogP contribution in [0.25, 0.3) is 10.9 Å². The third-order valence-electron chi connectivity index (χ3n) is 5.25. The zero-order valence-electron chi connectivity index (χ0n) is 13.8. The fourth-order valence-corrected chi connectivity index (χ4v) is 4.59. The van der Waals surface area contributed by atoms with E-state index in [-0.39, 0.29) is 5.97 Å². The molecule has 1 aliphatic carbocycles. The molecule has 1 fully saturated rings. The number of ether oxygens (including phenoxy) is 1. The Kier molecular flexibility index (Phi) is 3.45. The monoisotopic (exact) mass is 376 g/mol. The van der Waals surface area contributed by atoms with E-state index in [4.69, 9.17) is 4.74 Å². The van der Waals surface area contributed by atoms with E-state index in [1.165, 1.54) is 47.8 Å². The molecule has 4 nitrogen and oxygen atoms in total. The highest BCUT2D eigenvalue weighted by molar-refractivity contribution is 9.10.